The van der Waals surface area contributed by atoms with E-state index >= 15 is 0 Å². The summed E-state index contributed by atoms with van der Waals surface area (Å²) < 4.78 is 4.89. The Kier molecular flexibility index (Phi) is 2.26. The fourth-order valence-electron chi connectivity index (χ4n) is 1.83. The lowest BCUT2D eigenvalue weighted by molar-refractivity contribution is 0.473. The molecule has 0 saturated heterocycles. The van der Waals surface area contributed by atoms with Crippen LogP contribution in [0.15, 0.2) is 42.5 Å². The molecule has 0 aliphatic heterocycles. The summed E-state index contributed by atoms with van der Waals surface area (Å²) in [7, 11) is 3.37. The van der Waals surface area contributed by atoms with Gasteiger partial charge in [0.2, 0.25) is 0 Å². The molecule has 0 saturated carbocycles. The Bertz CT molecular complexity index is 643. The van der Waals surface area contributed by atoms with Gasteiger partial charge in [0.15, 0.2) is 0 Å². The van der Waals surface area contributed by atoms with Crippen molar-refractivity contribution in [3.63, 3.8) is 0 Å². The monoisotopic (exact) mass is 224 g/mol. The minimum Gasteiger partial charge on any atom is -0.490 e. The van der Waals surface area contributed by atoms with Crippen LogP contribution in [0.4, 0.5) is 0 Å². The predicted octanol–water partition coefficient (Wildman–Crippen LogP) is 2.80. The number of rotatable bonds is 2. The lowest BCUT2D eigenvalue weighted by atomic mass is 10.0. The van der Waals surface area contributed by atoms with Crippen molar-refractivity contribution in [3.05, 3.63) is 49.6 Å². The van der Waals surface area contributed by atoms with Gasteiger partial charge in [-0.3, -0.25) is 5.10 Å². The van der Waals surface area contributed by atoms with Gasteiger partial charge in [-0.05, 0) is 23.8 Å². The Hall–Kier alpha value is -2.36. The molecule has 0 aliphatic carbocycles. The van der Waals surface area contributed by atoms with Crippen LogP contribution in [0.3, 0.4) is 0 Å². The van der Waals surface area contributed by atoms with Crippen molar-refractivity contribution in [1.82, 2.24) is 15.4 Å². The molecule has 1 radical (unpaired) electrons. The van der Waals surface area contributed by atoms with Crippen LogP contribution in [-0.2, 0) is 0 Å². The number of aromatic nitrogens is 3. The Labute approximate surface area is 98.2 Å². The van der Waals surface area contributed by atoms with Gasteiger partial charge in [0.05, 0.1) is 5.52 Å². The molecule has 0 amide bonds. The van der Waals surface area contributed by atoms with Crippen LogP contribution in [0.1, 0.15) is 0 Å². The Balaban J connectivity index is 2.16. The first kappa shape index (κ1) is 9.84. The van der Waals surface area contributed by atoms with Gasteiger partial charge in [-0.15, -0.1) is 5.10 Å². The Morgan fingerprint density at radius 3 is 2.65 bits per heavy atom. The number of nitrogens with one attached hydrogen (secondary N) is 1. The predicted molar refractivity (Wildman–Crippen MR) is 65.3 cm³/mol. The average molecular weight is 224 g/mol. The van der Waals surface area contributed by atoms with Crippen LogP contribution < -0.4 is 4.74 Å². The van der Waals surface area contributed by atoms with Crippen molar-refractivity contribution in [2.24, 2.45) is 0 Å². The van der Waals surface area contributed by atoms with Crippen molar-refractivity contribution in [2.75, 3.05) is 0 Å². The molecule has 0 unspecified atom stereocenters. The number of benzene rings is 2. The fourth-order valence-corrected chi connectivity index (χ4v) is 1.83. The number of aromatic amines is 1. The lowest BCUT2D eigenvalue weighted by Crippen LogP contribution is -1.82. The van der Waals surface area contributed by atoms with Gasteiger partial charge in [0, 0.05) is 5.56 Å². The van der Waals surface area contributed by atoms with E-state index in [0.29, 0.717) is 0 Å². The summed E-state index contributed by atoms with van der Waals surface area (Å²) in [6.45, 7) is 0. The first-order valence-electron chi connectivity index (χ1n) is 5.21. The third-order valence-electron chi connectivity index (χ3n) is 2.69. The number of ether oxygens (including phenoxy) is 1. The second kappa shape index (κ2) is 3.90. The molecule has 4 heteroatoms. The molecule has 0 fully saturated rings. The van der Waals surface area contributed by atoms with Crippen LogP contribution >= 0.6 is 0 Å². The molecule has 1 aromatic heterocycles. The van der Waals surface area contributed by atoms with Crippen LogP contribution in [0, 0.1) is 7.11 Å². The van der Waals surface area contributed by atoms with Gasteiger partial charge in [-0.1, -0.05) is 29.5 Å². The van der Waals surface area contributed by atoms with E-state index in [0.717, 1.165) is 27.9 Å². The molecule has 0 aliphatic rings. The molecular formula is C13H10N3O. The van der Waals surface area contributed by atoms with Gasteiger partial charge in [-0.2, -0.15) is 0 Å². The number of fused-ring (bicyclic) bond motifs is 1. The molecule has 1 heterocycles. The molecule has 83 valence electrons. The fraction of sp³-hybridized carbons (Fsp3) is 0. The van der Waals surface area contributed by atoms with E-state index in [-0.39, 0.29) is 0 Å². The first-order chi connectivity index (χ1) is 8.38. The minimum absolute atomic E-state index is 0.737. The normalized spacial score (nSPS) is 10.6. The number of H-pyrrole nitrogens is 1. The highest BCUT2D eigenvalue weighted by molar-refractivity contribution is 5.91. The van der Waals surface area contributed by atoms with E-state index in [1.54, 1.807) is 0 Å². The summed E-state index contributed by atoms with van der Waals surface area (Å²) >= 11 is 0. The van der Waals surface area contributed by atoms with Crippen molar-refractivity contribution < 1.29 is 4.74 Å². The van der Waals surface area contributed by atoms with E-state index in [2.05, 4.69) is 22.5 Å². The van der Waals surface area contributed by atoms with Crippen LogP contribution in [0.2, 0.25) is 0 Å². The highest BCUT2D eigenvalue weighted by atomic mass is 16.5. The van der Waals surface area contributed by atoms with Crippen molar-refractivity contribution in [1.29, 1.82) is 0 Å². The summed E-state index contributed by atoms with van der Waals surface area (Å²) in [6, 6.07) is 13.6. The van der Waals surface area contributed by atoms with Crippen molar-refractivity contribution >= 4 is 11.0 Å². The summed E-state index contributed by atoms with van der Waals surface area (Å²) in [5.41, 5.74) is 3.92. The summed E-state index contributed by atoms with van der Waals surface area (Å²) in [5.74, 6) is 0.737. The average Bonchev–Trinajstić information content (AvgIpc) is 2.87. The van der Waals surface area contributed by atoms with Crippen LogP contribution in [0.5, 0.6) is 5.75 Å². The standard InChI is InChI=1S/C13H10N3O/c1-17-10-7-5-9(6-8-10)11-3-2-4-12-13(11)15-16-14-12/h2-8H,1H2,(H,14,15,16). The second-order valence-corrected chi connectivity index (χ2v) is 3.68. The van der Waals surface area contributed by atoms with E-state index in [9.17, 15) is 0 Å². The summed E-state index contributed by atoms with van der Waals surface area (Å²) in [4.78, 5) is 0. The highest BCUT2D eigenvalue weighted by Gasteiger charge is 2.06. The molecule has 3 aromatic rings. The molecule has 0 atom stereocenters. The number of hydrogen-bond donors (Lipinski definition) is 1. The molecular weight excluding hydrogens is 214 g/mol. The van der Waals surface area contributed by atoms with E-state index in [1.807, 2.05) is 42.5 Å². The first-order valence-corrected chi connectivity index (χ1v) is 5.21. The molecule has 4 nitrogen and oxygen atoms in total. The van der Waals surface area contributed by atoms with E-state index in [4.69, 9.17) is 4.74 Å². The smallest absolute Gasteiger partial charge is 0.122 e. The van der Waals surface area contributed by atoms with E-state index < -0.39 is 0 Å². The van der Waals surface area contributed by atoms with Gasteiger partial charge >= 0.3 is 0 Å². The third-order valence-corrected chi connectivity index (χ3v) is 2.69. The zero-order chi connectivity index (χ0) is 11.7. The Morgan fingerprint density at radius 2 is 1.88 bits per heavy atom. The molecule has 1 N–H and O–H groups in total. The third kappa shape index (κ3) is 1.63. The topological polar surface area (TPSA) is 50.8 Å². The summed E-state index contributed by atoms with van der Waals surface area (Å²) in [5, 5.41) is 10.8. The zero-order valence-corrected chi connectivity index (χ0v) is 9.05. The minimum atomic E-state index is 0.737. The molecule has 2 aromatic carbocycles. The highest BCUT2D eigenvalue weighted by Crippen LogP contribution is 2.27. The lowest BCUT2D eigenvalue weighted by Gasteiger charge is -2.03. The van der Waals surface area contributed by atoms with Gasteiger partial charge in [-0.25, -0.2) is 0 Å². The maximum absolute atomic E-state index is 4.89. The molecule has 0 bridgehead atoms. The zero-order valence-electron chi connectivity index (χ0n) is 9.05. The maximum atomic E-state index is 4.89. The SMILES string of the molecule is [CH2]Oc1ccc(-c2cccc3[nH]nnc23)cc1. The summed E-state index contributed by atoms with van der Waals surface area (Å²) in [6.07, 6.45) is 0. The van der Waals surface area contributed by atoms with Gasteiger partial charge in [0.25, 0.3) is 0 Å². The number of nitrogens with zero attached hydrogens (tertiary/aromatic N) is 2. The van der Waals surface area contributed by atoms with Gasteiger partial charge < -0.3 is 4.74 Å². The van der Waals surface area contributed by atoms with Crippen molar-refractivity contribution in [2.45, 2.75) is 0 Å². The van der Waals surface area contributed by atoms with E-state index in [1.165, 1.54) is 0 Å². The second-order valence-electron chi connectivity index (χ2n) is 3.68. The quantitative estimate of drug-likeness (QED) is 0.728. The van der Waals surface area contributed by atoms with Crippen molar-refractivity contribution in [3.8, 4) is 16.9 Å². The molecule has 3 rings (SSSR count). The maximum Gasteiger partial charge on any atom is 0.122 e. The van der Waals surface area contributed by atoms with Crippen LogP contribution in [-0.4, -0.2) is 15.4 Å². The van der Waals surface area contributed by atoms with Crippen LogP contribution in [0.25, 0.3) is 22.2 Å². The van der Waals surface area contributed by atoms with Gasteiger partial charge in [0.1, 0.15) is 18.4 Å². The number of hydrogen-bond acceptors (Lipinski definition) is 3. The largest absolute Gasteiger partial charge is 0.490 e. The molecule has 0 spiro atoms. The Morgan fingerprint density at radius 1 is 1.06 bits per heavy atom. The molecule has 17 heavy (non-hydrogen) atoms.